The summed E-state index contributed by atoms with van der Waals surface area (Å²) in [5, 5.41) is 0. The van der Waals surface area contributed by atoms with Crippen molar-refractivity contribution in [1.29, 1.82) is 0 Å². The van der Waals surface area contributed by atoms with E-state index in [1.165, 1.54) is 20.1 Å². The normalized spacial score (nSPS) is 17.6. The number of ether oxygens (including phenoxy) is 1. The highest BCUT2D eigenvalue weighted by molar-refractivity contribution is 5.02. The van der Waals surface area contributed by atoms with Gasteiger partial charge >= 0.3 is 0 Å². The molecule has 11 heavy (non-hydrogen) atoms. The van der Waals surface area contributed by atoms with Gasteiger partial charge in [-0.05, 0) is 13.0 Å². The number of alkyl halides is 3. The lowest BCUT2D eigenvalue weighted by atomic mass is 10.1. The van der Waals surface area contributed by atoms with Crippen LogP contribution in [0.2, 0.25) is 0 Å². The van der Waals surface area contributed by atoms with Gasteiger partial charge in [-0.25, -0.2) is 13.2 Å². The molecule has 0 N–H and O–H groups in total. The Kier molecular flexibility index (Phi) is 4.18. The third-order valence-electron chi connectivity index (χ3n) is 1.17. The van der Waals surface area contributed by atoms with Gasteiger partial charge in [-0.3, -0.25) is 0 Å². The number of hydrogen-bond donors (Lipinski definition) is 0. The molecule has 4 heteroatoms. The lowest BCUT2D eigenvalue weighted by Gasteiger charge is -2.18. The second-order valence-electron chi connectivity index (χ2n) is 2.16. The molecule has 0 heterocycles. The molecule has 0 aromatic carbocycles. The van der Waals surface area contributed by atoms with E-state index in [1.54, 1.807) is 0 Å². The van der Waals surface area contributed by atoms with Crippen molar-refractivity contribution in [3.05, 3.63) is 12.2 Å². The molecule has 1 unspecified atom stereocenters. The number of allylic oxidation sites excluding steroid dienone is 1. The standard InChI is InChI=1S/C7H11F3O/c1-3-4-7(10,5-11-2)6(8)9/h3-4,6H,5H2,1-2H3/b4-3+. The van der Waals surface area contributed by atoms with Crippen LogP contribution in [0.15, 0.2) is 12.2 Å². The number of rotatable bonds is 4. The molecular weight excluding hydrogens is 157 g/mol. The molecule has 1 atom stereocenters. The van der Waals surface area contributed by atoms with Crippen molar-refractivity contribution < 1.29 is 17.9 Å². The van der Waals surface area contributed by atoms with Crippen molar-refractivity contribution >= 4 is 0 Å². The molecule has 0 radical (unpaired) electrons. The van der Waals surface area contributed by atoms with Crippen LogP contribution in [0.3, 0.4) is 0 Å². The van der Waals surface area contributed by atoms with Crippen LogP contribution in [0.1, 0.15) is 6.92 Å². The predicted molar refractivity (Wildman–Crippen MR) is 36.5 cm³/mol. The van der Waals surface area contributed by atoms with Gasteiger partial charge in [0.15, 0.2) is 0 Å². The van der Waals surface area contributed by atoms with Crippen LogP contribution in [0.4, 0.5) is 13.2 Å². The quantitative estimate of drug-likeness (QED) is 0.584. The molecule has 0 saturated heterocycles. The van der Waals surface area contributed by atoms with Crippen LogP contribution >= 0.6 is 0 Å². The maximum Gasteiger partial charge on any atom is 0.277 e. The zero-order chi connectivity index (χ0) is 8.91. The largest absolute Gasteiger partial charge is 0.381 e. The van der Waals surface area contributed by atoms with Gasteiger partial charge < -0.3 is 4.74 Å². The SMILES string of the molecule is C/C=C/C(F)(COC)C(F)F. The summed E-state index contributed by atoms with van der Waals surface area (Å²) < 4.78 is 41.2. The molecule has 0 spiro atoms. The fourth-order valence-electron chi connectivity index (χ4n) is 0.682. The molecule has 1 nitrogen and oxygen atoms in total. The first-order chi connectivity index (χ1) is 5.06. The van der Waals surface area contributed by atoms with Gasteiger partial charge in [0.1, 0.15) is 0 Å². The Morgan fingerprint density at radius 3 is 2.36 bits per heavy atom. The summed E-state index contributed by atoms with van der Waals surface area (Å²) in [5.41, 5.74) is -2.64. The molecule has 0 aliphatic rings. The zero-order valence-electron chi connectivity index (χ0n) is 6.48. The van der Waals surface area contributed by atoms with Gasteiger partial charge in [0.2, 0.25) is 5.67 Å². The minimum Gasteiger partial charge on any atom is -0.381 e. The summed E-state index contributed by atoms with van der Waals surface area (Å²) in [5.74, 6) is 0. The Balaban J connectivity index is 4.25. The Hall–Kier alpha value is -0.510. The van der Waals surface area contributed by atoms with Crippen LogP contribution in [-0.4, -0.2) is 25.8 Å². The number of methoxy groups -OCH3 is 1. The summed E-state index contributed by atoms with van der Waals surface area (Å²) in [7, 11) is 1.18. The average molecular weight is 168 g/mol. The van der Waals surface area contributed by atoms with Gasteiger partial charge in [-0.1, -0.05) is 6.08 Å². The summed E-state index contributed by atoms with van der Waals surface area (Å²) in [6.07, 6.45) is -0.995. The van der Waals surface area contributed by atoms with E-state index in [-0.39, 0.29) is 0 Å². The highest BCUT2D eigenvalue weighted by atomic mass is 19.3. The van der Waals surface area contributed by atoms with Crippen LogP contribution < -0.4 is 0 Å². The molecule has 0 bridgehead atoms. The van der Waals surface area contributed by atoms with Crippen molar-refractivity contribution in [3.63, 3.8) is 0 Å². The highest BCUT2D eigenvalue weighted by Crippen LogP contribution is 2.22. The number of hydrogen-bond acceptors (Lipinski definition) is 1. The second kappa shape index (κ2) is 4.38. The van der Waals surface area contributed by atoms with Crippen molar-refractivity contribution in [2.24, 2.45) is 0 Å². The molecule has 0 aliphatic carbocycles. The topological polar surface area (TPSA) is 9.23 Å². The van der Waals surface area contributed by atoms with Gasteiger partial charge in [-0.15, -0.1) is 0 Å². The van der Waals surface area contributed by atoms with Gasteiger partial charge in [0, 0.05) is 7.11 Å². The summed E-state index contributed by atoms with van der Waals surface area (Å²) in [6, 6.07) is 0. The fourth-order valence-corrected chi connectivity index (χ4v) is 0.682. The zero-order valence-corrected chi connectivity index (χ0v) is 6.48. The summed E-state index contributed by atoms with van der Waals surface area (Å²) in [6.45, 7) is 0.862. The third kappa shape index (κ3) is 2.93. The summed E-state index contributed by atoms with van der Waals surface area (Å²) in [4.78, 5) is 0. The van der Waals surface area contributed by atoms with E-state index in [9.17, 15) is 13.2 Å². The molecule has 0 aliphatic heterocycles. The molecule has 0 aromatic heterocycles. The van der Waals surface area contributed by atoms with E-state index in [4.69, 9.17) is 0 Å². The fraction of sp³-hybridized carbons (Fsp3) is 0.714. The maximum absolute atomic E-state index is 13.0. The lowest BCUT2D eigenvalue weighted by molar-refractivity contribution is -0.0460. The third-order valence-corrected chi connectivity index (χ3v) is 1.17. The van der Waals surface area contributed by atoms with Crippen LogP contribution in [0.25, 0.3) is 0 Å². The van der Waals surface area contributed by atoms with Gasteiger partial charge in [-0.2, -0.15) is 0 Å². The Bertz CT molecular complexity index is 136. The molecule has 0 rings (SSSR count). The minimum atomic E-state index is -3.04. The molecule has 0 fully saturated rings. The van der Waals surface area contributed by atoms with Gasteiger partial charge in [0.25, 0.3) is 6.43 Å². The van der Waals surface area contributed by atoms with E-state index in [2.05, 4.69) is 4.74 Å². The van der Waals surface area contributed by atoms with E-state index < -0.39 is 18.7 Å². The van der Waals surface area contributed by atoms with Crippen molar-refractivity contribution in [2.45, 2.75) is 19.0 Å². The van der Waals surface area contributed by atoms with Crippen LogP contribution in [0.5, 0.6) is 0 Å². The average Bonchev–Trinajstić information content (AvgIpc) is 1.88. The first-order valence-corrected chi connectivity index (χ1v) is 3.16. The minimum absolute atomic E-state index is 0.616. The highest BCUT2D eigenvalue weighted by Gasteiger charge is 2.37. The predicted octanol–water partition coefficient (Wildman–Crippen LogP) is 2.18. The molecule has 0 amide bonds. The Morgan fingerprint density at radius 1 is 1.55 bits per heavy atom. The van der Waals surface area contributed by atoms with Crippen molar-refractivity contribution in [1.82, 2.24) is 0 Å². The maximum atomic E-state index is 13.0. The van der Waals surface area contributed by atoms with E-state index in [0.717, 1.165) is 6.08 Å². The molecule has 0 saturated carbocycles. The smallest absolute Gasteiger partial charge is 0.277 e. The van der Waals surface area contributed by atoms with Crippen LogP contribution in [-0.2, 0) is 4.74 Å². The second-order valence-corrected chi connectivity index (χ2v) is 2.16. The van der Waals surface area contributed by atoms with Gasteiger partial charge in [0.05, 0.1) is 6.61 Å². The molecule has 0 aromatic rings. The Morgan fingerprint density at radius 2 is 2.09 bits per heavy atom. The van der Waals surface area contributed by atoms with E-state index in [1.807, 2.05) is 0 Å². The Labute approximate surface area is 63.8 Å². The number of halogens is 3. The first kappa shape index (κ1) is 10.5. The monoisotopic (exact) mass is 168 g/mol. The van der Waals surface area contributed by atoms with E-state index in [0.29, 0.717) is 0 Å². The molecule has 66 valence electrons. The van der Waals surface area contributed by atoms with E-state index >= 15 is 0 Å². The van der Waals surface area contributed by atoms with Crippen molar-refractivity contribution in [2.75, 3.05) is 13.7 Å². The van der Waals surface area contributed by atoms with Crippen LogP contribution in [0, 0.1) is 0 Å². The molecular formula is C7H11F3O. The first-order valence-electron chi connectivity index (χ1n) is 3.16. The lowest BCUT2D eigenvalue weighted by Crippen LogP contribution is -2.34. The summed E-state index contributed by atoms with van der Waals surface area (Å²) >= 11 is 0. The van der Waals surface area contributed by atoms with Crippen molar-refractivity contribution in [3.8, 4) is 0 Å².